The Bertz CT molecular complexity index is 332. The molecule has 1 aromatic rings. The van der Waals surface area contributed by atoms with Crippen LogP contribution in [0.15, 0.2) is 35.2 Å². The number of nitrogens with one attached hydrogen (secondary N) is 1. The van der Waals surface area contributed by atoms with E-state index in [1.807, 2.05) is 19.3 Å². The first-order chi connectivity index (χ1) is 7.77. The van der Waals surface area contributed by atoms with Gasteiger partial charge in [-0.25, -0.2) is 0 Å². The second-order valence-electron chi connectivity index (χ2n) is 4.46. The van der Waals surface area contributed by atoms with E-state index < -0.39 is 0 Å². The molecule has 88 valence electrons. The first kappa shape index (κ1) is 11.4. The molecule has 0 bridgehead atoms. The van der Waals surface area contributed by atoms with Crippen molar-refractivity contribution in [1.29, 1.82) is 0 Å². The molecule has 2 heterocycles. The van der Waals surface area contributed by atoms with Crippen LogP contribution in [-0.4, -0.2) is 25.8 Å². The van der Waals surface area contributed by atoms with E-state index in [4.69, 9.17) is 9.15 Å². The van der Waals surface area contributed by atoms with Crippen LogP contribution < -0.4 is 5.32 Å². The van der Waals surface area contributed by atoms with Crippen LogP contribution in [0.25, 0.3) is 0 Å². The van der Waals surface area contributed by atoms with Crippen molar-refractivity contribution in [3.63, 3.8) is 0 Å². The quantitative estimate of drug-likeness (QED) is 0.792. The molecule has 1 saturated heterocycles. The highest BCUT2D eigenvalue weighted by molar-refractivity contribution is 5.16. The molecule has 0 radical (unpaired) electrons. The Morgan fingerprint density at radius 3 is 3.25 bits per heavy atom. The van der Waals surface area contributed by atoms with Gasteiger partial charge in [0.05, 0.1) is 25.2 Å². The predicted molar refractivity (Wildman–Crippen MR) is 63.5 cm³/mol. The van der Waals surface area contributed by atoms with E-state index in [1.165, 1.54) is 5.56 Å². The molecule has 1 fully saturated rings. The van der Waals surface area contributed by atoms with Gasteiger partial charge in [0.15, 0.2) is 0 Å². The summed E-state index contributed by atoms with van der Waals surface area (Å²) in [5.74, 6) is 0.444. The van der Waals surface area contributed by atoms with Gasteiger partial charge in [-0.1, -0.05) is 12.2 Å². The molecule has 0 amide bonds. The Morgan fingerprint density at radius 1 is 1.69 bits per heavy atom. The largest absolute Gasteiger partial charge is 0.472 e. The number of rotatable bonds is 4. The molecule has 3 nitrogen and oxygen atoms in total. The molecule has 2 atom stereocenters. The van der Waals surface area contributed by atoms with Gasteiger partial charge in [0, 0.05) is 12.5 Å². The molecule has 2 unspecified atom stereocenters. The highest BCUT2D eigenvalue weighted by Gasteiger charge is 2.27. The number of piperidine rings is 1. The number of hydrogen-bond donors (Lipinski definition) is 1. The van der Waals surface area contributed by atoms with E-state index in [9.17, 15) is 0 Å². The summed E-state index contributed by atoms with van der Waals surface area (Å²) in [7, 11) is 0. The van der Waals surface area contributed by atoms with Crippen LogP contribution in [0, 0.1) is 0 Å². The van der Waals surface area contributed by atoms with Gasteiger partial charge < -0.3 is 14.5 Å². The molecule has 0 aliphatic carbocycles. The lowest BCUT2D eigenvalue weighted by Crippen LogP contribution is -2.41. The number of furan rings is 1. The molecule has 2 rings (SSSR count). The van der Waals surface area contributed by atoms with Crippen LogP contribution in [0.5, 0.6) is 0 Å². The molecule has 1 aliphatic heterocycles. The monoisotopic (exact) mass is 221 g/mol. The number of ether oxygens (including phenoxy) is 1. The van der Waals surface area contributed by atoms with Crippen molar-refractivity contribution in [2.45, 2.75) is 25.4 Å². The van der Waals surface area contributed by atoms with Gasteiger partial charge in [0.1, 0.15) is 0 Å². The predicted octanol–water partition coefficient (Wildman–Crippen LogP) is 2.32. The SMILES string of the molecule is C=C(C)COC1CNCCC1c1ccoc1. The molecular formula is C13H19NO2. The molecule has 1 N–H and O–H groups in total. The minimum absolute atomic E-state index is 0.225. The molecule has 0 spiro atoms. The van der Waals surface area contributed by atoms with Crippen molar-refractivity contribution in [2.24, 2.45) is 0 Å². The topological polar surface area (TPSA) is 34.4 Å². The summed E-state index contributed by atoms with van der Waals surface area (Å²) >= 11 is 0. The smallest absolute Gasteiger partial charge is 0.0938 e. The van der Waals surface area contributed by atoms with E-state index in [2.05, 4.69) is 11.9 Å². The molecule has 0 saturated carbocycles. The lowest BCUT2D eigenvalue weighted by Gasteiger charge is -2.31. The van der Waals surface area contributed by atoms with Gasteiger partial charge in [-0.2, -0.15) is 0 Å². The molecule has 1 aliphatic rings. The van der Waals surface area contributed by atoms with Gasteiger partial charge in [-0.05, 0) is 31.5 Å². The second-order valence-corrected chi connectivity index (χ2v) is 4.46. The summed E-state index contributed by atoms with van der Waals surface area (Å²) < 4.78 is 11.0. The summed E-state index contributed by atoms with van der Waals surface area (Å²) in [4.78, 5) is 0. The molecule has 0 aromatic carbocycles. The summed E-state index contributed by atoms with van der Waals surface area (Å²) in [5, 5.41) is 3.37. The maximum atomic E-state index is 5.88. The highest BCUT2D eigenvalue weighted by atomic mass is 16.5. The van der Waals surface area contributed by atoms with Crippen molar-refractivity contribution in [1.82, 2.24) is 5.32 Å². The van der Waals surface area contributed by atoms with Crippen molar-refractivity contribution in [3.05, 3.63) is 36.3 Å². The fourth-order valence-corrected chi connectivity index (χ4v) is 2.12. The maximum absolute atomic E-state index is 5.88. The minimum Gasteiger partial charge on any atom is -0.472 e. The lowest BCUT2D eigenvalue weighted by molar-refractivity contribution is 0.0355. The van der Waals surface area contributed by atoms with Crippen molar-refractivity contribution in [3.8, 4) is 0 Å². The average Bonchev–Trinajstić information content (AvgIpc) is 2.80. The number of hydrogen-bond acceptors (Lipinski definition) is 3. The van der Waals surface area contributed by atoms with Gasteiger partial charge >= 0.3 is 0 Å². The zero-order valence-electron chi connectivity index (χ0n) is 9.74. The van der Waals surface area contributed by atoms with E-state index in [0.717, 1.165) is 25.1 Å². The van der Waals surface area contributed by atoms with Gasteiger partial charge in [-0.15, -0.1) is 0 Å². The molecular weight excluding hydrogens is 202 g/mol. The lowest BCUT2D eigenvalue weighted by atomic mass is 9.89. The van der Waals surface area contributed by atoms with Crippen LogP contribution >= 0.6 is 0 Å². The van der Waals surface area contributed by atoms with Crippen LogP contribution in [0.2, 0.25) is 0 Å². The fraction of sp³-hybridized carbons (Fsp3) is 0.538. The third-order valence-electron chi connectivity index (χ3n) is 2.94. The van der Waals surface area contributed by atoms with Crippen molar-refractivity contribution in [2.75, 3.05) is 19.7 Å². The molecule has 1 aromatic heterocycles. The Hall–Kier alpha value is -1.06. The van der Waals surface area contributed by atoms with E-state index in [-0.39, 0.29) is 6.10 Å². The first-order valence-corrected chi connectivity index (χ1v) is 5.76. The van der Waals surface area contributed by atoms with Crippen LogP contribution in [-0.2, 0) is 4.74 Å². The summed E-state index contributed by atoms with van der Waals surface area (Å²) in [6.45, 7) is 8.44. The highest BCUT2D eigenvalue weighted by Crippen LogP contribution is 2.28. The molecule has 16 heavy (non-hydrogen) atoms. The first-order valence-electron chi connectivity index (χ1n) is 5.76. The summed E-state index contributed by atoms with van der Waals surface area (Å²) in [5.41, 5.74) is 2.31. The summed E-state index contributed by atoms with van der Waals surface area (Å²) in [6.07, 6.45) is 4.88. The van der Waals surface area contributed by atoms with Gasteiger partial charge in [0.2, 0.25) is 0 Å². The van der Waals surface area contributed by atoms with Crippen LogP contribution in [0.1, 0.15) is 24.8 Å². The van der Waals surface area contributed by atoms with Gasteiger partial charge in [-0.3, -0.25) is 0 Å². The fourth-order valence-electron chi connectivity index (χ4n) is 2.12. The van der Waals surface area contributed by atoms with Crippen LogP contribution in [0.4, 0.5) is 0 Å². The Balaban J connectivity index is 2.00. The Labute approximate surface area is 96.5 Å². The standard InChI is InChI=1S/C13H19NO2/c1-10(2)8-16-13-7-14-5-3-12(13)11-4-6-15-9-11/h4,6,9,12-14H,1,3,5,7-8H2,2H3. The second kappa shape index (κ2) is 5.32. The molecule has 3 heteroatoms. The summed E-state index contributed by atoms with van der Waals surface area (Å²) in [6, 6.07) is 2.03. The maximum Gasteiger partial charge on any atom is 0.0938 e. The van der Waals surface area contributed by atoms with Crippen LogP contribution in [0.3, 0.4) is 0 Å². The zero-order chi connectivity index (χ0) is 11.4. The third kappa shape index (κ3) is 2.74. The zero-order valence-corrected chi connectivity index (χ0v) is 9.74. The average molecular weight is 221 g/mol. The van der Waals surface area contributed by atoms with Crippen molar-refractivity contribution >= 4 is 0 Å². The Morgan fingerprint density at radius 2 is 2.56 bits per heavy atom. The normalized spacial score (nSPS) is 25.6. The third-order valence-corrected chi connectivity index (χ3v) is 2.94. The minimum atomic E-state index is 0.225. The van der Waals surface area contributed by atoms with E-state index >= 15 is 0 Å². The van der Waals surface area contributed by atoms with E-state index in [1.54, 1.807) is 6.26 Å². The van der Waals surface area contributed by atoms with Gasteiger partial charge in [0.25, 0.3) is 0 Å². The Kier molecular flexibility index (Phi) is 3.80. The van der Waals surface area contributed by atoms with E-state index in [0.29, 0.717) is 12.5 Å². The van der Waals surface area contributed by atoms with Crippen molar-refractivity contribution < 1.29 is 9.15 Å².